The predicted octanol–water partition coefficient (Wildman–Crippen LogP) is 4.04. The number of benzene rings is 1. The van der Waals surface area contributed by atoms with E-state index in [1.165, 1.54) is 6.33 Å². The van der Waals surface area contributed by atoms with E-state index in [-0.39, 0.29) is 11.6 Å². The van der Waals surface area contributed by atoms with E-state index in [0.717, 1.165) is 5.56 Å². The molecule has 25 heavy (non-hydrogen) atoms. The fourth-order valence-corrected chi connectivity index (χ4v) is 2.62. The second kappa shape index (κ2) is 7.92. The summed E-state index contributed by atoms with van der Waals surface area (Å²) in [6.07, 6.45) is 4.76. The van der Waals surface area contributed by atoms with Crippen LogP contribution < -0.4 is 10.6 Å². The number of hydrogen-bond donors (Lipinski definition) is 2. The number of hydrogen-bond acceptors (Lipinski definition) is 5. The van der Waals surface area contributed by atoms with Crippen LogP contribution in [0.2, 0.25) is 10.0 Å². The molecule has 0 spiro atoms. The van der Waals surface area contributed by atoms with E-state index >= 15 is 0 Å². The molecule has 0 atom stereocenters. The average Bonchev–Trinajstić information content (AvgIpc) is 2.60. The SMILES string of the molecule is O=C(Nc1cc(Cl)cc(Cl)c1)c1cc(NCc2ccncc2)ncn1. The predicted molar refractivity (Wildman–Crippen MR) is 98.0 cm³/mol. The molecule has 0 aliphatic heterocycles. The van der Waals surface area contributed by atoms with Crippen molar-refractivity contribution in [1.29, 1.82) is 0 Å². The highest BCUT2D eigenvalue weighted by molar-refractivity contribution is 6.35. The summed E-state index contributed by atoms with van der Waals surface area (Å²) in [5.74, 6) is 0.161. The van der Waals surface area contributed by atoms with Crippen LogP contribution in [-0.2, 0) is 6.54 Å². The van der Waals surface area contributed by atoms with E-state index in [4.69, 9.17) is 23.2 Å². The molecule has 0 radical (unpaired) electrons. The minimum Gasteiger partial charge on any atom is -0.366 e. The van der Waals surface area contributed by atoms with Crippen LogP contribution in [0.3, 0.4) is 0 Å². The van der Waals surface area contributed by atoms with Gasteiger partial charge < -0.3 is 10.6 Å². The Kier molecular flexibility index (Phi) is 5.42. The molecule has 8 heteroatoms. The van der Waals surface area contributed by atoms with Crippen molar-refractivity contribution in [2.45, 2.75) is 6.54 Å². The average molecular weight is 374 g/mol. The second-order valence-electron chi connectivity index (χ2n) is 5.11. The van der Waals surface area contributed by atoms with Crippen LogP contribution in [0.15, 0.2) is 55.1 Å². The maximum Gasteiger partial charge on any atom is 0.274 e. The monoisotopic (exact) mass is 373 g/mol. The van der Waals surface area contributed by atoms with Gasteiger partial charge in [-0.05, 0) is 35.9 Å². The molecule has 126 valence electrons. The summed E-state index contributed by atoms with van der Waals surface area (Å²) >= 11 is 11.9. The Hall–Kier alpha value is -2.70. The number of nitrogens with one attached hydrogen (secondary N) is 2. The van der Waals surface area contributed by atoms with Gasteiger partial charge in [0.1, 0.15) is 17.8 Å². The lowest BCUT2D eigenvalue weighted by Crippen LogP contribution is -2.14. The Morgan fingerprint density at radius 3 is 2.44 bits per heavy atom. The quantitative estimate of drug-likeness (QED) is 0.705. The zero-order valence-electron chi connectivity index (χ0n) is 12.9. The van der Waals surface area contributed by atoms with Crippen LogP contribution in [-0.4, -0.2) is 20.9 Å². The molecule has 0 unspecified atom stereocenters. The summed E-state index contributed by atoms with van der Waals surface area (Å²) in [6.45, 7) is 0.560. The number of nitrogens with zero attached hydrogens (tertiary/aromatic N) is 3. The number of rotatable bonds is 5. The molecule has 2 heterocycles. The minimum absolute atomic E-state index is 0.225. The summed E-state index contributed by atoms with van der Waals surface area (Å²) in [7, 11) is 0. The van der Waals surface area contributed by atoms with E-state index < -0.39 is 0 Å². The van der Waals surface area contributed by atoms with Gasteiger partial charge in [-0.15, -0.1) is 0 Å². The van der Waals surface area contributed by atoms with Crippen LogP contribution in [0.1, 0.15) is 16.1 Å². The lowest BCUT2D eigenvalue weighted by molar-refractivity contribution is 0.102. The van der Waals surface area contributed by atoms with Gasteiger partial charge in [0.05, 0.1) is 0 Å². The maximum atomic E-state index is 12.3. The summed E-state index contributed by atoms with van der Waals surface area (Å²) in [4.78, 5) is 24.4. The molecule has 3 rings (SSSR count). The Labute approximate surface area is 154 Å². The Balaban J connectivity index is 1.68. The topological polar surface area (TPSA) is 79.8 Å². The summed E-state index contributed by atoms with van der Waals surface area (Å²) < 4.78 is 0. The van der Waals surface area contributed by atoms with Gasteiger partial charge in [-0.1, -0.05) is 23.2 Å². The molecular weight excluding hydrogens is 361 g/mol. The van der Waals surface area contributed by atoms with Gasteiger partial charge in [0.2, 0.25) is 0 Å². The smallest absolute Gasteiger partial charge is 0.274 e. The van der Waals surface area contributed by atoms with Crippen molar-refractivity contribution in [3.05, 3.63) is 76.4 Å². The molecular formula is C17H13Cl2N5O. The fourth-order valence-electron chi connectivity index (χ4n) is 2.09. The first-order valence-corrected chi connectivity index (χ1v) is 8.08. The molecule has 0 saturated heterocycles. The summed E-state index contributed by atoms with van der Waals surface area (Å²) in [6, 6.07) is 10.2. The first-order valence-electron chi connectivity index (χ1n) is 7.32. The van der Waals surface area contributed by atoms with Crippen molar-refractivity contribution in [2.75, 3.05) is 10.6 Å². The molecule has 0 bridgehead atoms. The molecule has 1 amide bonds. The highest BCUT2D eigenvalue weighted by Crippen LogP contribution is 2.22. The van der Waals surface area contributed by atoms with E-state index in [2.05, 4.69) is 25.6 Å². The molecule has 3 aromatic rings. The van der Waals surface area contributed by atoms with Gasteiger partial charge in [0.25, 0.3) is 5.91 Å². The van der Waals surface area contributed by atoms with Gasteiger partial charge in [-0.2, -0.15) is 0 Å². The highest BCUT2D eigenvalue weighted by atomic mass is 35.5. The third kappa shape index (κ3) is 4.89. The molecule has 2 aromatic heterocycles. The lowest BCUT2D eigenvalue weighted by atomic mass is 10.2. The van der Waals surface area contributed by atoms with Gasteiger partial charge >= 0.3 is 0 Å². The van der Waals surface area contributed by atoms with Gasteiger partial charge in [0, 0.05) is 40.7 Å². The number of halogens is 2. The lowest BCUT2D eigenvalue weighted by Gasteiger charge is -2.08. The minimum atomic E-state index is -0.382. The van der Waals surface area contributed by atoms with Crippen molar-refractivity contribution in [2.24, 2.45) is 0 Å². The van der Waals surface area contributed by atoms with Crippen LogP contribution >= 0.6 is 23.2 Å². The molecule has 0 aliphatic carbocycles. The zero-order chi connectivity index (χ0) is 17.6. The Morgan fingerprint density at radius 2 is 1.72 bits per heavy atom. The zero-order valence-corrected chi connectivity index (χ0v) is 14.4. The van der Waals surface area contributed by atoms with Crippen molar-refractivity contribution < 1.29 is 4.79 Å². The molecule has 1 aromatic carbocycles. The first-order chi connectivity index (χ1) is 12.1. The van der Waals surface area contributed by atoms with Gasteiger partial charge in [-0.3, -0.25) is 9.78 Å². The number of amides is 1. The molecule has 0 fully saturated rings. The number of aromatic nitrogens is 3. The number of carbonyl (C=O) groups excluding carboxylic acids is 1. The number of carbonyl (C=O) groups is 1. The van der Waals surface area contributed by atoms with Crippen LogP contribution in [0, 0.1) is 0 Å². The third-order valence-electron chi connectivity index (χ3n) is 3.24. The van der Waals surface area contributed by atoms with E-state index in [1.807, 2.05) is 12.1 Å². The highest BCUT2D eigenvalue weighted by Gasteiger charge is 2.10. The third-order valence-corrected chi connectivity index (χ3v) is 3.68. The second-order valence-corrected chi connectivity index (χ2v) is 5.98. The largest absolute Gasteiger partial charge is 0.366 e. The van der Waals surface area contributed by atoms with Crippen molar-refractivity contribution in [1.82, 2.24) is 15.0 Å². The van der Waals surface area contributed by atoms with Gasteiger partial charge in [-0.25, -0.2) is 9.97 Å². The van der Waals surface area contributed by atoms with Crippen molar-refractivity contribution in [3.63, 3.8) is 0 Å². The van der Waals surface area contributed by atoms with Crippen molar-refractivity contribution >= 4 is 40.6 Å². The maximum absolute atomic E-state index is 12.3. The normalized spacial score (nSPS) is 10.3. The molecule has 2 N–H and O–H groups in total. The van der Waals surface area contributed by atoms with Gasteiger partial charge in [0.15, 0.2) is 0 Å². The molecule has 0 saturated carbocycles. The van der Waals surface area contributed by atoms with Crippen LogP contribution in [0.5, 0.6) is 0 Å². The summed E-state index contributed by atoms with van der Waals surface area (Å²) in [5.41, 5.74) is 1.77. The number of anilines is 2. The van der Waals surface area contributed by atoms with Crippen LogP contribution in [0.4, 0.5) is 11.5 Å². The van der Waals surface area contributed by atoms with E-state index in [1.54, 1.807) is 36.7 Å². The Morgan fingerprint density at radius 1 is 1.00 bits per heavy atom. The Bertz CT molecular complexity index is 869. The summed E-state index contributed by atoms with van der Waals surface area (Å²) in [5, 5.41) is 6.71. The number of pyridine rings is 1. The molecule has 0 aliphatic rings. The van der Waals surface area contributed by atoms with E-state index in [0.29, 0.717) is 28.1 Å². The molecule has 6 nitrogen and oxygen atoms in total. The fraction of sp³-hybridized carbons (Fsp3) is 0.0588. The van der Waals surface area contributed by atoms with Crippen molar-refractivity contribution in [3.8, 4) is 0 Å². The standard InChI is InChI=1S/C17H13Cl2N5O/c18-12-5-13(19)7-14(6-12)24-17(25)15-8-16(23-10-22-15)21-9-11-1-3-20-4-2-11/h1-8,10H,9H2,(H,24,25)(H,21,22,23). The van der Waals surface area contributed by atoms with Crippen LogP contribution in [0.25, 0.3) is 0 Å². The first kappa shape index (κ1) is 17.1. The van der Waals surface area contributed by atoms with E-state index in [9.17, 15) is 4.79 Å².